The number of anilines is 1. The molecule has 7 N–H and O–H groups in total. The van der Waals surface area contributed by atoms with Gasteiger partial charge in [-0.15, -0.1) is 0 Å². The lowest BCUT2D eigenvalue weighted by atomic mass is 9.97. The number of alkyl halides is 1. The number of carbonyl (C=O) groups is 1. The third kappa shape index (κ3) is 7.33. The second-order valence-corrected chi connectivity index (χ2v) is 13.4. The lowest BCUT2D eigenvalue weighted by Gasteiger charge is -2.30. The number of nitrogen functional groups attached to an aromatic ring is 1. The van der Waals surface area contributed by atoms with E-state index in [1.165, 1.54) is 0 Å². The number of aromatic amines is 1. The van der Waals surface area contributed by atoms with Crippen molar-refractivity contribution in [3.63, 3.8) is 0 Å². The molecule has 0 spiro atoms. The van der Waals surface area contributed by atoms with Gasteiger partial charge < -0.3 is 25.8 Å². The fourth-order valence-electron chi connectivity index (χ4n) is 4.12. The third-order valence-corrected chi connectivity index (χ3v) is 9.51. The third-order valence-electron chi connectivity index (χ3n) is 6.79. The number of benzene rings is 1. The zero-order valence-electron chi connectivity index (χ0n) is 23.4. The molecule has 1 saturated heterocycles. The van der Waals surface area contributed by atoms with Crippen LogP contribution in [-0.2, 0) is 29.7 Å². The second kappa shape index (κ2) is 13.5. The van der Waals surface area contributed by atoms with Crippen molar-refractivity contribution in [1.82, 2.24) is 24.6 Å². The summed E-state index contributed by atoms with van der Waals surface area (Å²) in [4.78, 5) is 34.7. The number of hydrogen-bond acceptors (Lipinski definition) is 13. The lowest BCUT2D eigenvalue weighted by Crippen LogP contribution is -2.49. The van der Waals surface area contributed by atoms with E-state index in [1.54, 1.807) is 44.2 Å². The number of aliphatic hydroxyl groups excluding tert-OH is 3. The van der Waals surface area contributed by atoms with Crippen molar-refractivity contribution in [2.24, 2.45) is 5.41 Å². The van der Waals surface area contributed by atoms with E-state index in [9.17, 15) is 33.9 Å². The number of aliphatic hydroxyl groups is 3. The molecule has 1 aromatic carbocycles. The van der Waals surface area contributed by atoms with E-state index >= 15 is 0 Å². The van der Waals surface area contributed by atoms with Crippen LogP contribution in [0.15, 0.2) is 41.5 Å². The van der Waals surface area contributed by atoms with Crippen molar-refractivity contribution in [1.29, 1.82) is 0 Å². The van der Waals surface area contributed by atoms with E-state index in [2.05, 4.69) is 20.0 Å². The summed E-state index contributed by atoms with van der Waals surface area (Å²) in [5.41, 5.74) is 2.30. The zero-order chi connectivity index (χ0) is 31.4. The van der Waals surface area contributed by atoms with Gasteiger partial charge in [0, 0.05) is 12.3 Å². The molecule has 4 rings (SSSR count). The van der Waals surface area contributed by atoms with Crippen molar-refractivity contribution < 1.29 is 42.9 Å². The van der Waals surface area contributed by atoms with E-state index in [0.717, 1.165) is 28.2 Å². The van der Waals surface area contributed by atoms with Gasteiger partial charge in [0.1, 0.15) is 18.9 Å². The summed E-state index contributed by atoms with van der Waals surface area (Å²) in [5, 5.41) is 33.5. The number of aromatic nitrogens is 4. The SMILES string of the molecule is CC(C)(CO)C(=O)SCCOP(=O)(NCc1ccccc1)OC[C@@]1(CF)O[C@@H](n2cnc3c(=O)[nH]c(N)nc32)[C@H](O)[C@@H]1O. The molecule has 43 heavy (non-hydrogen) atoms. The molecule has 1 aliphatic heterocycles. The molecule has 1 fully saturated rings. The van der Waals surface area contributed by atoms with Crippen LogP contribution in [0.4, 0.5) is 10.3 Å². The first kappa shape index (κ1) is 33.2. The number of imidazole rings is 1. The van der Waals surface area contributed by atoms with Gasteiger partial charge in [0.25, 0.3) is 5.56 Å². The highest BCUT2D eigenvalue weighted by molar-refractivity contribution is 8.13. The summed E-state index contributed by atoms with van der Waals surface area (Å²) in [7, 11) is -4.24. The van der Waals surface area contributed by atoms with Crippen molar-refractivity contribution in [3.05, 3.63) is 52.6 Å². The van der Waals surface area contributed by atoms with Crippen molar-refractivity contribution in [2.75, 3.05) is 38.0 Å². The van der Waals surface area contributed by atoms with Gasteiger partial charge in [0.2, 0.25) is 5.95 Å². The highest BCUT2D eigenvalue weighted by Gasteiger charge is 2.56. The first-order chi connectivity index (χ1) is 20.3. The summed E-state index contributed by atoms with van der Waals surface area (Å²) < 4.78 is 46.4. The quantitative estimate of drug-likeness (QED) is 0.106. The smallest absolute Gasteiger partial charge is 0.395 e. The number of carbonyl (C=O) groups excluding carboxylic acids is 1. The maximum Gasteiger partial charge on any atom is 0.405 e. The molecule has 3 aromatic rings. The van der Waals surface area contributed by atoms with Gasteiger partial charge in [0.05, 0.1) is 31.6 Å². The second-order valence-electron chi connectivity index (χ2n) is 10.5. The Hall–Kier alpha value is -2.73. The van der Waals surface area contributed by atoms with Crippen LogP contribution < -0.4 is 16.4 Å². The van der Waals surface area contributed by atoms with Crippen molar-refractivity contribution in [2.45, 2.75) is 44.4 Å². The fourth-order valence-corrected chi connectivity index (χ4v) is 6.41. The highest BCUT2D eigenvalue weighted by Crippen LogP contribution is 2.48. The average molecular weight is 645 g/mol. The number of nitrogens with zero attached hydrogens (tertiary/aromatic N) is 3. The lowest BCUT2D eigenvalue weighted by molar-refractivity contribution is -0.133. The molecule has 1 aliphatic rings. The Balaban J connectivity index is 1.51. The number of hydrogen-bond donors (Lipinski definition) is 6. The molecule has 15 nitrogen and oxygen atoms in total. The van der Waals surface area contributed by atoms with Crippen LogP contribution in [0.2, 0.25) is 0 Å². The molecule has 236 valence electrons. The number of halogens is 1. The number of nitrogens with one attached hydrogen (secondary N) is 2. The zero-order valence-corrected chi connectivity index (χ0v) is 25.1. The Morgan fingerprint density at radius 1 is 1.33 bits per heavy atom. The first-order valence-electron chi connectivity index (χ1n) is 13.1. The number of thioether (sulfide) groups is 1. The molecule has 2 aromatic heterocycles. The highest BCUT2D eigenvalue weighted by atomic mass is 32.2. The molecular weight excluding hydrogens is 610 g/mol. The van der Waals surface area contributed by atoms with Crippen LogP contribution in [0.3, 0.4) is 0 Å². The number of nitrogens with two attached hydrogens (primary N) is 1. The van der Waals surface area contributed by atoms with Gasteiger partial charge in [-0.05, 0) is 19.4 Å². The van der Waals surface area contributed by atoms with Crippen molar-refractivity contribution >= 4 is 41.7 Å². The fraction of sp³-hybridized carbons (Fsp3) is 0.520. The molecule has 0 aliphatic carbocycles. The Labute approximate surface area is 249 Å². The summed E-state index contributed by atoms with van der Waals surface area (Å²) in [5.74, 6) is -0.172. The Bertz CT molecular complexity index is 1530. The van der Waals surface area contributed by atoms with E-state index in [-0.39, 0.29) is 47.7 Å². The van der Waals surface area contributed by atoms with Gasteiger partial charge in [-0.3, -0.25) is 28.2 Å². The molecule has 0 radical (unpaired) electrons. The summed E-state index contributed by atoms with van der Waals surface area (Å²) in [6.45, 7) is 0.417. The van der Waals surface area contributed by atoms with Crippen LogP contribution >= 0.6 is 19.5 Å². The van der Waals surface area contributed by atoms with Crippen molar-refractivity contribution in [3.8, 4) is 0 Å². The first-order valence-corrected chi connectivity index (χ1v) is 15.7. The maximum absolute atomic E-state index is 14.6. The van der Waals surface area contributed by atoms with Gasteiger partial charge in [-0.1, -0.05) is 42.1 Å². The van der Waals surface area contributed by atoms with Crippen LogP contribution in [0.1, 0.15) is 25.6 Å². The van der Waals surface area contributed by atoms with Crippen LogP contribution in [0.25, 0.3) is 11.2 Å². The van der Waals surface area contributed by atoms with E-state index in [1.807, 2.05) is 0 Å². The molecule has 0 bridgehead atoms. The number of rotatable bonds is 14. The van der Waals surface area contributed by atoms with E-state index < -0.39 is 56.0 Å². The van der Waals surface area contributed by atoms with Gasteiger partial charge in [-0.2, -0.15) is 4.98 Å². The minimum atomic E-state index is -4.24. The predicted octanol–water partition coefficient (Wildman–Crippen LogP) is 0.870. The number of fused-ring (bicyclic) bond motifs is 1. The summed E-state index contributed by atoms with van der Waals surface area (Å²) in [6, 6.07) is 8.86. The van der Waals surface area contributed by atoms with Crippen LogP contribution in [-0.4, -0.2) is 90.0 Å². The number of ether oxygens (including phenoxy) is 1. The maximum atomic E-state index is 14.6. The van der Waals surface area contributed by atoms with E-state index in [4.69, 9.17) is 19.5 Å². The van der Waals surface area contributed by atoms with Gasteiger partial charge >= 0.3 is 7.75 Å². The Morgan fingerprint density at radius 3 is 2.72 bits per heavy atom. The normalized spacial score (nSPS) is 23.9. The van der Waals surface area contributed by atoms with E-state index in [0.29, 0.717) is 0 Å². The standard InChI is InChI=1S/C25H34FN6O9PS/c1-24(2,12-33)22(37)43-9-8-39-42(38,29-10-15-6-4-3-5-7-15)40-13-25(11-26)18(35)17(34)21(41-25)32-14-28-16-19(32)30-23(27)31-20(16)36/h3-7,14,17-18,21,33-35H,8-13H2,1-2H3,(H,29,38)(H3,27,30,31,36)/t17-,18+,21-,25-,42?/m1/s1. The van der Waals surface area contributed by atoms with Crippen LogP contribution in [0.5, 0.6) is 0 Å². The molecule has 5 atom stereocenters. The molecule has 18 heteroatoms. The van der Waals surface area contributed by atoms with Gasteiger partial charge in [-0.25, -0.2) is 19.0 Å². The molecule has 1 unspecified atom stereocenters. The topological polar surface area (TPSA) is 224 Å². The summed E-state index contributed by atoms with van der Waals surface area (Å²) in [6.07, 6.45) is -3.97. The van der Waals surface area contributed by atoms with Gasteiger partial charge in [0.15, 0.2) is 28.1 Å². The minimum absolute atomic E-state index is 0.0294. The number of H-pyrrole nitrogens is 1. The predicted molar refractivity (Wildman–Crippen MR) is 155 cm³/mol. The molecule has 0 amide bonds. The molecule has 3 heterocycles. The Kier molecular flexibility index (Phi) is 10.4. The molecular formula is C25H34FN6O9PS. The van der Waals surface area contributed by atoms with Crippen LogP contribution in [0, 0.1) is 5.41 Å². The monoisotopic (exact) mass is 644 g/mol. The minimum Gasteiger partial charge on any atom is -0.395 e. The largest absolute Gasteiger partial charge is 0.405 e. The average Bonchev–Trinajstić information content (AvgIpc) is 3.52. The summed E-state index contributed by atoms with van der Waals surface area (Å²) >= 11 is 0.878. The Morgan fingerprint density at radius 2 is 2.05 bits per heavy atom. The molecule has 0 saturated carbocycles.